The number of hydrogen-bond acceptors (Lipinski definition) is 3. The maximum Gasteiger partial charge on any atom is 0.309 e. The molecule has 0 aliphatic carbocycles. The molecule has 1 heterocycles. The van der Waals surface area contributed by atoms with E-state index in [0.29, 0.717) is 0 Å². The Morgan fingerprint density at radius 3 is 2.68 bits per heavy atom. The molecule has 0 aliphatic rings. The van der Waals surface area contributed by atoms with Gasteiger partial charge in [0.05, 0.1) is 11.1 Å². The highest BCUT2D eigenvalue weighted by molar-refractivity contribution is 5.73. The molecule has 4 heteroatoms. The highest BCUT2D eigenvalue weighted by Gasteiger charge is 2.25. The van der Waals surface area contributed by atoms with Crippen LogP contribution in [0.2, 0.25) is 0 Å². The van der Waals surface area contributed by atoms with Gasteiger partial charge in [0.2, 0.25) is 0 Å². The average Bonchev–Trinajstić information content (AvgIpc) is 2.36. The minimum absolute atomic E-state index is 0.612. The minimum atomic E-state index is -0.714. The molecule has 0 radical (unpaired) electrons. The van der Waals surface area contributed by atoms with Gasteiger partial charge in [-0.25, -0.2) is 0 Å². The molecule has 0 aliphatic heterocycles. The van der Waals surface area contributed by atoms with Crippen LogP contribution in [0, 0.1) is 5.41 Å². The van der Waals surface area contributed by atoms with Crippen molar-refractivity contribution in [3.05, 3.63) is 30.1 Å². The number of aromatic nitrogens is 1. The van der Waals surface area contributed by atoms with Crippen molar-refractivity contribution >= 4 is 5.97 Å². The van der Waals surface area contributed by atoms with Gasteiger partial charge in [0.1, 0.15) is 0 Å². The Bertz CT molecular complexity index is 390. The number of unbranched alkanes of at least 4 members (excludes halogenated alkanes) is 1. The van der Waals surface area contributed by atoms with Crippen molar-refractivity contribution in [2.75, 3.05) is 13.6 Å². The average molecular weight is 264 g/mol. The quantitative estimate of drug-likeness (QED) is 0.734. The molecule has 4 nitrogen and oxygen atoms in total. The van der Waals surface area contributed by atoms with Crippen LogP contribution in [0.1, 0.15) is 38.8 Å². The topological polar surface area (TPSA) is 53.4 Å². The van der Waals surface area contributed by atoms with Gasteiger partial charge in [-0.2, -0.15) is 0 Å². The molecule has 0 bridgehead atoms. The number of aliphatic carboxylic acids is 1. The second kappa shape index (κ2) is 7.24. The van der Waals surface area contributed by atoms with E-state index in [4.69, 9.17) is 5.11 Å². The first kappa shape index (κ1) is 15.6. The van der Waals surface area contributed by atoms with Crippen molar-refractivity contribution in [2.24, 2.45) is 5.41 Å². The molecule has 0 atom stereocenters. The van der Waals surface area contributed by atoms with Crippen LogP contribution in [0.15, 0.2) is 24.4 Å². The zero-order valence-corrected chi connectivity index (χ0v) is 12.1. The fourth-order valence-electron chi connectivity index (χ4n) is 1.90. The third-order valence-electron chi connectivity index (χ3n) is 3.33. The van der Waals surface area contributed by atoms with E-state index in [1.807, 2.05) is 18.2 Å². The molecule has 1 aromatic rings. The van der Waals surface area contributed by atoms with E-state index in [0.717, 1.165) is 38.0 Å². The summed E-state index contributed by atoms with van der Waals surface area (Å²) in [5, 5.41) is 9.03. The van der Waals surface area contributed by atoms with Crippen LogP contribution >= 0.6 is 0 Å². The maximum atomic E-state index is 11.0. The molecule has 0 saturated carbocycles. The number of carbonyl (C=O) groups is 1. The predicted octanol–water partition coefficient (Wildman–Crippen LogP) is 2.79. The Labute approximate surface area is 115 Å². The number of pyridine rings is 1. The number of rotatable bonds is 8. The van der Waals surface area contributed by atoms with Crippen LogP contribution in [0.4, 0.5) is 0 Å². The number of hydrogen-bond donors (Lipinski definition) is 1. The first-order valence-corrected chi connectivity index (χ1v) is 6.73. The Morgan fingerprint density at radius 1 is 1.37 bits per heavy atom. The van der Waals surface area contributed by atoms with E-state index in [1.165, 1.54) is 0 Å². The number of carboxylic acids is 1. The summed E-state index contributed by atoms with van der Waals surface area (Å²) in [6.45, 7) is 5.37. The second-order valence-corrected chi connectivity index (χ2v) is 5.71. The highest BCUT2D eigenvalue weighted by Crippen LogP contribution is 2.23. The van der Waals surface area contributed by atoms with E-state index in [9.17, 15) is 4.79 Å². The van der Waals surface area contributed by atoms with Crippen molar-refractivity contribution < 1.29 is 9.90 Å². The fourth-order valence-corrected chi connectivity index (χ4v) is 1.90. The lowest BCUT2D eigenvalue weighted by Gasteiger charge is -2.20. The molecule has 0 unspecified atom stereocenters. The lowest BCUT2D eigenvalue weighted by atomic mass is 9.87. The van der Waals surface area contributed by atoms with E-state index < -0.39 is 11.4 Å². The third kappa shape index (κ3) is 5.83. The summed E-state index contributed by atoms with van der Waals surface area (Å²) in [5.41, 5.74) is 0.454. The number of nitrogens with zero attached hydrogens (tertiary/aromatic N) is 2. The summed E-state index contributed by atoms with van der Waals surface area (Å²) in [5.74, 6) is -0.714. The molecule has 0 fully saturated rings. The molecular formula is C15H24N2O2. The third-order valence-corrected chi connectivity index (χ3v) is 3.33. The van der Waals surface area contributed by atoms with Crippen molar-refractivity contribution in [1.82, 2.24) is 9.88 Å². The highest BCUT2D eigenvalue weighted by atomic mass is 16.4. The number of carboxylic acid groups (broad SMARTS) is 1. The summed E-state index contributed by atoms with van der Waals surface area (Å²) in [6, 6.07) is 5.92. The summed E-state index contributed by atoms with van der Waals surface area (Å²) in [4.78, 5) is 17.5. The van der Waals surface area contributed by atoms with Gasteiger partial charge in [-0.1, -0.05) is 12.5 Å². The van der Waals surface area contributed by atoms with Crippen molar-refractivity contribution in [3.63, 3.8) is 0 Å². The standard InChI is InChI=1S/C15H24N2O2/c1-15(2,14(18)19)9-5-7-11-17(3)12-13-8-4-6-10-16-13/h4,6,8,10H,5,7,9,11-12H2,1-3H3,(H,18,19). The molecule has 1 aromatic heterocycles. The summed E-state index contributed by atoms with van der Waals surface area (Å²) in [7, 11) is 2.07. The van der Waals surface area contributed by atoms with E-state index in [2.05, 4.69) is 16.9 Å². The monoisotopic (exact) mass is 264 g/mol. The smallest absolute Gasteiger partial charge is 0.309 e. The van der Waals surface area contributed by atoms with Gasteiger partial charge in [-0.15, -0.1) is 0 Å². The molecule has 0 aromatic carbocycles. The first-order valence-electron chi connectivity index (χ1n) is 6.73. The minimum Gasteiger partial charge on any atom is -0.481 e. The van der Waals surface area contributed by atoms with Crippen molar-refractivity contribution in [1.29, 1.82) is 0 Å². The summed E-state index contributed by atoms with van der Waals surface area (Å²) >= 11 is 0. The zero-order chi connectivity index (χ0) is 14.3. The van der Waals surface area contributed by atoms with Gasteiger partial charge in [0, 0.05) is 12.7 Å². The SMILES string of the molecule is CN(CCCCC(C)(C)C(=O)O)Cc1ccccn1. The van der Waals surface area contributed by atoms with Gasteiger partial charge in [-0.3, -0.25) is 9.78 Å². The normalized spacial score (nSPS) is 11.8. The van der Waals surface area contributed by atoms with Gasteiger partial charge in [0.15, 0.2) is 0 Å². The van der Waals surface area contributed by atoms with Crippen LogP contribution in [0.5, 0.6) is 0 Å². The van der Waals surface area contributed by atoms with Gasteiger partial charge >= 0.3 is 5.97 Å². The predicted molar refractivity (Wildman–Crippen MR) is 75.8 cm³/mol. The molecule has 1 N–H and O–H groups in total. The molecule has 1 rings (SSSR count). The fraction of sp³-hybridized carbons (Fsp3) is 0.600. The van der Waals surface area contributed by atoms with Gasteiger partial charge in [-0.05, 0) is 52.4 Å². The molecular weight excluding hydrogens is 240 g/mol. The molecule has 0 amide bonds. The Balaban J connectivity index is 2.21. The Hall–Kier alpha value is -1.42. The lowest BCUT2D eigenvalue weighted by Crippen LogP contribution is -2.24. The van der Waals surface area contributed by atoms with Crippen LogP contribution in [0.25, 0.3) is 0 Å². The second-order valence-electron chi connectivity index (χ2n) is 5.71. The van der Waals surface area contributed by atoms with E-state index in [-0.39, 0.29) is 0 Å². The van der Waals surface area contributed by atoms with Gasteiger partial charge in [0.25, 0.3) is 0 Å². The van der Waals surface area contributed by atoms with Crippen LogP contribution in [0.3, 0.4) is 0 Å². The molecule has 0 spiro atoms. The van der Waals surface area contributed by atoms with Crippen molar-refractivity contribution in [2.45, 2.75) is 39.7 Å². The van der Waals surface area contributed by atoms with Crippen molar-refractivity contribution in [3.8, 4) is 0 Å². The Morgan fingerprint density at radius 2 is 2.11 bits per heavy atom. The van der Waals surface area contributed by atoms with Crippen LogP contribution in [-0.2, 0) is 11.3 Å². The van der Waals surface area contributed by atoms with Crippen LogP contribution in [-0.4, -0.2) is 34.6 Å². The maximum absolute atomic E-state index is 11.0. The van der Waals surface area contributed by atoms with E-state index in [1.54, 1.807) is 20.0 Å². The van der Waals surface area contributed by atoms with Crippen LogP contribution < -0.4 is 0 Å². The van der Waals surface area contributed by atoms with Gasteiger partial charge < -0.3 is 10.0 Å². The molecule has 19 heavy (non-hydrogen) atoms. The van der Waals surface area contributed by atoms with E-state index >= 15 is 0 Å². The summed E-state index contributed by atoms with van der Waals surface area (Å²) < 4.78 is 0. The lowest BCUT2D eigenvalue weighted by molar-refractivity contribution is -0.147. The molecule has 106 valence electrons. The first-order chi connectivity index (χ1) is 8.92. The summed E-state index contributed by atoms with van der Waals surface area (Å²) in [6.07, 6.45) is 4.48. The molecule has 0 saturated heterocycles. The Kier molecular flexibility index (Phi) is 5.96. The largest absolute Gasteiger partial charge is 0.481 e. The zero-order valence-electron chi connectivity index (χ0n) is 12.1.